The number of carbonyl (C=O) groups excluding carboxylic acids is 2. The third kappa shape index (κ3) is 4.29. The molecule has 2 amide bonds. The highest BCUT2D eigenvalue weighted by molar-refractivity contribution is 6.39. The van der Waals surface area contributed by atoms with Gasteiger partial charge in [-0.2, -0.15) is 0 Å². The Morgan fingerprint density at radius 2 is 1.81 bits per heavy atom. The van der Waals surface area contributed by atoms with Crippen molar-refractivity contribution in [1.29, 1.82) is 0 Å². The van der Waals surface area contributed by atoms with Gasteiger partial charge in [-0.25, -0.2) is 8.78 Å². The van der Waals surface area contributed by atoms with E-state index in [1.807, 2.05) is 0 Å². The van der Waals surface area contributed by atoms with Crippen molar-refractivity contribution in [3.63, 3.8) is 0 Å². The lowest BCUT2D eigenvalue weighted by Gasteiger charge is -2.41. The number of amides is 2. The zero-order valence-corrected chi connectivity index (χ0v) is 17.7. The van der Waals surface area contributed by atoms with Crippen LogP contribution in [0.25, 0.3) is 10.9 Å². The molecule has 3 aromatic rings. The van der Waals surface area contributed by atoms with Gasteiger partial charge in [-0.3, -0.25) is 14.4 Å². The Morgan fingerprint density at radius 3 is 2.50 bits per heavy atom. The van der Waals surface area contributed by atoms with Gasteiger partial charge in [-0.15, -0.1) is 0 Å². The van der Waals surface area contributed by atoms with Gasteiger partial charge in [0.15, 0.2) is 0 Å². The quantitative estimate of drug-likeness (QED) is 0.454. The fourth-order valence-corrected chi connectivity index (χ4v) is 3.90. The van der Waals surface area contributed by atoms with Gasteiger partial charge in [-0.05, 0) is 43.3 Å². The molecule has 1 aliphatic rings. The second-order valence-electron chi connectivity index (χ2n) is 7.60. The molecule has 1 saturated heterocycles. The van der Waals surface area contributed by atoms with Gasteiger partial charge in [0.25, 0.3) is 0 Å². The van der Waals surface area contributed by atoms with E-state index in [2.05, 4.69) is 10.3 Å². The lowest BCUT2D eigenvalue weighted by molar-refractivity contribution is -0.143. The van der Waals surface area contributed by atoms with Crippen molar-refractivity contribution in [3.05, 3.63) is 69.5 Å². The lowest BCUT2D eigenvalue weighted by Crippen LogP contribution is -2.55. The number of rotatable bonds is 2. The third-order valence-corrected chi connectivity index (χ3v) is 5.75. The topological polar surface area (TPSA) is 85.5 Å². The van der Waals surface area contributed by atoms with E-state index in [-0.39, 0.29) is 24.7 Å². The van der Waals surface area contributed by atoms with Gasteiger partial charge in [0.1, 0.15) is 16.7 Å². The summed E-state index contributed by atoms with van der Waals surface area (Å²) >= 11 is 5.55. The van der Waals surface area contributed by atoms with Crippen molar-refractivity contribution >= 4 is 45.7 Å². The van der Waals surface area contributed by atoms with Crippen molar-refractivity contribution < 1.29 is 18.4 Å². The first kappa shape index (κ1) is 21.8. The Morgan fingerprint density at radius 1 is 1.09 bits per heavy atom. The number of nitrogens with one attached hydrogen (secondary N) is 2. The molecular formula is C22H19ClF2N4O3. The van der Waals surface area contributed by atoms with Crippen LogP contribution >= 0.6 is 11.6 Å². The summed E-state index contributed by atoms with van der Waals surface area (Å²) in [5.41, 5.74) is 1.12. The zero-order valence-electron chi connectivity index (χ0n) is 17.0. The van der Waals surface area contributed by atoms with E-state index in [9.17, 15) is 23.2 Å². The van der Waals surface area contributed by atoms with Crippen LogP contribution < -0.4 is 15.8 Å². The maximum atomic E-state index is 13.8. The number of hydrogen-bond acceptors (Lipinski definition) is 4. The molecule has 32 heavy (non-hydrogen) atoms. The summed E-state index contributed by atoms with van der Waals surface area (Å²) in [4.78, 5) is 42.4. The van der Waals surface area contributed by atoms with Gasteiger partial charge < -0.3 is 20.1 Å². The second-order valence-corrected chi connectivity index (χ2v) is 7.97. The molecule has 7 nitrogen and oxygen atoms in total. The van der Waals surface area contributed by atoms with E-state index in [1.165, 1.54) is 11.0 Å². The van der Waals surface area contributed by atoms with E-state index in [1.54, 1.807) is 36.1 Å². The van der Waals surface area contributed by atoms with E-state index in [0.29, 0.717) is 28.8 Å². The number of hydrogen-bond donors (Lipinski definition) is 2. The number of carbonyl (C=O) groups is 2. The molecule has 0 aliphatic carbocycles. The molecular weight excluding hydrogens is 442 g/mol. The molecule has 0 bridgehead atoms. The maximum absolute atomic E-state index is 13.8. The van der Waals surface area contributed by atoms with Crippen LogP contribution in [0, 0.1) is 11.6 Å². The van der Waals surface area contributed by atoms with Crippen molar-refractivity contribution in [3.8, 4) is 0 Å². The Kier molecular flexibility index (Phi) is 5.84. The normalized spacial score (nSPS) is 16.3. The smallest absolute Gasteiger partial charge is 0.313 e. The predicted octanol–water partition coefficient (Wildman–Crippen LogP) is 3.14. The molecule has 0 unspecified atom stereocenters. The summed E-state index contributed by atoms with van der Waals surface area (Å²) < 4.78 is 27.6. The first-order valence-electron chi connectivity index (χ1n) is 9.87. The summed E-state index contributed by atoms with van der Waals surface area (Å²) in [7, 11) is 0. The van der Waals surface area contributed by atoms with Crippen LogP contribution in [0.1, 0.15) is 6.92 Å². The average molecular weight is 461 g/mol. The van der Waals surface area contributed by atoms with Gasteiger partial charge >= 0.3 is 11.8 Å². The summed E-state index contributed by atoms with van der Waals surface area (Å²) in [6.07, 6.45) is 0. The van der Waals surface area contributed by atoms with Crippen molar-refractivity contribution in [2.24, 2.45) is 0 Å². The number of H-pyrrole nitrogens is 1. The maximum Gasteiger partial charge on any atom is 0.313 e. The minimum atomic E-state index is -0.855. The number of halogens is 3. The standard InChI is InChI=1S/C22H19ClF2N4O3/c1-12-11-28(6-7-29(12)15-9-16(24)20(23)17(25)10-15)22(32)21(31)26-14-3-4-18-13(8-14)2-5-19(30)27-18/h2-5,8-10,12H,6-7,11H2,1H3,(H,26,31)(H,27,30)/t12-/m1/s1. The van der Waals surface area contributed by atoms with Crippen LogP contribution in [0.15, 0.2) is 47.3 Å². The first-order chi connectivity index (χ1) is 15.2. The molecule has 1 atom stereocenters. The Bertz CT molecular complexity index is 1260. The van der Waals surface area contributed by atoms with Crippen LogP contribution in [0.3, 0.4) is 0 Å². The molecule has 1 aromatic heterocycles. The Hall–Kier alpha value is -3.46. The molecule has 10 heteroatoms. The van der Waals surface area contributed by atoms with E-state index < -0.39 is 28.5 Å². The molecule has 1 fully saturated rings. The number of benzene rings is 2. The fourth-order valence-electron chi connectivity index (χ4n) is 3.79. The highest BCUT2D eigenvalue weighted by Gasteiger charge is 2.31. The highest BCUT2D eigenvalue weighted by atomic mass is 35.5. The molecule has 2 heterocycles. The van der Waals surface area contributed by atoms with Gasteiger partial charge in [0.2, 0.25) is 5.56 Å². The minimum absolute atomic E-state index is 0.205. The largest absolute Gasteiger partial charge is 0.365 e. The molecule has 0 spiro atoms. The second kappa shape index (κ2) is 8.58. The minimum Gasteiger partial charge on any atom is -0.365 e. The molecule has 166 valence electrons. The Balaban J connectivity index is 1.42. The zero-order chi connectivity index (χ0) is 23.0. The number of anilines is 2. The molecule has 2 aromatic carbocycles. The van der Waals surface area contributed by atoms with Crippen molar-refractivity contribution in [2.75, 3.05) is 29.9 Å². The van der Waals surface area contributed by atoms with Gasteiger partial charge in [0.05, 0.1) is 0 Å². The molecule has 1 aliphatic heterocycles. The van der Waals surface area contributed by atoms with E-state index in [4.69, 9.17) is 11.6 Å². The first-order valence-corrected chi connectivity index (χ1v) is 10.3. The summed E-state index contributed by atoms with van der Waals surface area (Å²) in [6, 6.07) is 9.90. The number of piperazine rings is 1. The SMILES string of the molecule is C[C@@H]1CN(C(=O)C(=O)Nc2ccc3[nH]c(=O)ccc3c2)CCN1c1cc(F)c(Cl)c(F)c1. The number of pyridine rings is 1. The van der Waals surface area contributed by atoms with E-state index >= 15 is 0 Å². The third-order valence-electron chi connectivity index (χ3n) is 5.39. The lowest BCUT2D eigenvalue weighted by atomic mass is 10.1. The number of fused-ring (bicyclic) bond motifs is 1. The van der Waals surface area contributed by atoms with Crippen LogP contribution in [0.2, 0.25) is 5.02 Å². The number of nitrogens with zero attached hydrogens (tertiary/aromatic N) is 2. The summed E-state index contributed by atoms with van der Waals surface area (Å²) in [5, 5.41) is 2.72. The van der Waals surface area contributed by atoms with Crippen LogP contribution in [-0.2, 0) is 9.59 Å². The predicted molar refractivity (Wildman–Crippen MR) is 118 cm³/mol. The molecule has 0 radical (unpaired) electrons. The highest BCUT2D eigenvalue weighted by Crippen LogP contribution is 2.28. The van der Waals surface area contributed by atoms with Crippen molar-refractivity contribution in [1.82, 2.24) is 9.88 Å². The molecule has 0 saturated carbocycles. The number of aromatic nitrogens is 1. The van der Waals surface area contributed by atoms with Crippen LogP contribution in [0.4, 0.5) is 20.2 Å². The summed E-state index contributed by atoms with van der Waals surface area (Å²) in [5.74, 6) is -3.21. The molecule has 4 rings (SSSR count). The fraction of sp³-hybridized carbons (Fsp3) is 0.227. The summed E-state index contributed by atoms with van der Waals surface area (Å²) in [6.45, 7) is 2.51. The van der Waals surface area contributed by atoms with Crippen LogP contribution in [-0.4, -0.2) is 47.4 Å². The van der Waals surface area contributed by atoms with Gasteiger partial charge in [0, 0.05) is 54.0 Å². The van der Waals surface area contributed by atoms with Crippen LogP contribution in [0.5, 0.6) is 0 Å². The van der Waals surface area contributed by atoms with Crippen molar-refractivity contribution in [2.45, 2.75) is 13.0 Å². The number of aromatic amines is 1. The Labute approximate surface area is 186 Å². The molecule has 2 N–H and O–H groups in total. The monoisotopic (exact) mass is 460 g/mol. The van der Waals surface area contributed by atoms with E-state index in [0.717, 1.165) is 12.1 Å². The van der Waals surface area contributed by atoms with Gasteiger partial charge in [-0.1, -0.05) is 11.6 Å². The average Bonchev–Trinajstić information content (AvgIpc) is 2.76.